The largest absolute Gasteiger partial charge is 0.492 e. The summed E-state index contributed by atoms with van der Waals surface area (Å²) in [6.45, 7) is 6.92. The van der Waals surface area contributed by atoms with Crippen LogP contribution in [0.25, 0.3) is 0 Å². The minimum atomic E-state index is -0.828. The van der Waals surface area contributed by atoms with E-state index in [2.05, 4.69) is 31.4 Å². The molecule has 6 heteroatoms. The zero-order valence-corrected chi connectivity index (χ0v) is 14.5. The first kappa shape index (κ1) is 18.7. The number of hydrogen-bond donors (Lipinski definition) is 2. The van der Waals surface area contributed by atoms with Crippen LogP contribution < -0.4 is 15.4 Å². The molecule has 0 aliphatic rings. The Bertz CT molecular complexity index is 725. The molecule has 2 aromatic rings. The second kappa shape index (κ2) is 7.96. The number of rotatable bonds is 5. The SMILES string of the molecule is CC(C)(C)c1ccc(OCCNC(=O)Nc2ccc(F)cc2F)cc1. The van der Waals surface area contributed by atoms with Crippen molar-refractivity contribution in [3.63, 3.8) is 0 Å². The Morgan fingerprint density at radius 1 is 1.08 bits per heavy atom. The van der Waals surface area contributed by atoms with Crippen LogP contribution in [0.2, 0.25) is 0 Å². The van der Waals surface area contributed by atoms with E-state index in [1.807, 2.05) is 24.3 Å². The number of halogens is 2. The lowest BCUT2D eigenvalue weighted by molar-refractivity contribution is 0.247. The Balaban J connectivity index is 1.74. The normalized spacial score (nSPS) is 11.1. The van der Waals surface area contributed by atoms with Crippen molar-refractivity contribution in [3.05, 3.63) is 59.7 Å². The molecule has 0 radical (unpaired) electrons. The second-order valence-electron chi connectivity index (χ2n) is 6.63. The fraction of sp³-hybridized carbons (Fsp3) is 0.316. The molecular weight excluding hydrogens is 326 g/mol. The van der Waals surface area contributed by atoms with Gasteiger partial charge in [-0.1, -0.05) is 32.9 Å². The minimum Gasteiger partial charge on any atom is -0.492 e. The molecule has 134 valence electrons. The first-order chi connectivity index (χ1) is 11.8. The monoisotopic (exact) mass is 348 g/mol. The van der Waals surface area contributed by atoms with Gasteiger partial charge in [-0.15, -0.1) is 0 Å². The summed E-state index contributed by atoms with van der Waals surface area (Å²) in [4.78, 5) is 11.7. The third-order valence-electron chi connectivity index (χ3n) is 3.56. The Labute approximate surface area is 146 Å². The van der Waals surface area contributed by atoms with Gasteiger partial charge in [-0.25, -0.2) is 13.6 Å². The van der Waals surface area contributed by atoms with E-state index in [4.69, 9.17) is 4.74 Å². The highest BCUT2D eigenvalue weighted by atomic mass is 19.1. The number of urea groups is 1. The summed E-state index contributed by atoms with van der Waals surface area (Å²) < 4.78 is 31.8. The van der Waals surface area contributed by atoms with Gasteiger partial charge in [0.05, 0.1) is 12.2 Å². The van der Waals surface area contributed by atoms with Crippen LogP contribution in [-0.4, -0.2) is 19.2 Å². The van der Waals surface area contributed by atoms with Crippen LogP contribution >= 0.6 is 0 Å². The molecule has 4 nitrogen and oxygen atoms in total. The molecule has 2 aromatic carbocycles. The highest BCUT2D eigenvalue weighted by Crippen LogP contribution is 2.24. The van der Waals surface area contributed by atoms with Gasteiger partial charge in [-0.3, -0.25) is 0 Å². The van der Waals surface area contributed by atoms with Crippen molar-refractivity contribution in [2.24, 2.45) is 0 Å². The fourth-order valence-corrected chi connectivity index (χ4v) is 2.14. The van der Waals surface area contributed by atoms with E-state index in [9.17, 15) is 13.6 Å². The molecule has 0 saturated heterocycles. The van der Waals surface area contributed by atoms with E-state index in [0.717, 1.165) is 12.1 Å². The van der Waals surface area contributed by atoms with E-state index < -0.39 is 17.7 Å². The van der Waals surface area contributed by atoms with Crippen LogP contribution in [0.1, 0.15) is 26.3 Å². The zero-order chi connectivity index (χ0) is 18.4. The molecular formula is C19H22F2N2O2. The highest BCUT2D eigenvalue weighted by molar-refractivity contribution is 5.89. The first-order valence-corrected chi connectivity index (χ1v) is 7.99. The molecule has 0 saturated carbocycles. The third-order valence-corrected chi connectivity index (χ3v) is 3.56. The van der Waals surface area contributed by atoms with Gasteiger partial charge in [0.15, 0.2) is 0 Å². The zero-order valence-electron chi connectivity index (χ0n) is 14.5. The first-order valence-electron chi connectivity index (χ1n) is 7.99. The average molecular weight is 348 g/mol. The number of carbonyl (C=O) groups excluding carboxylic acids is 1. The molecule has 25 heavy (non-hydrogen) atoms. The predicted octanol–water partition coefficient (Wildman–Crippen LogP) is 4.46. The van der Waals surface area contributed by atoms with Gasteiger partial charge in [0.25, 0.3) is 0 Å². The quantitative estimate of drug-likeness (QED) is 0.784. The average Bonchev–Trinajstić information content (AvgIpc) is 2.54. The molecule has 0 aromatic heterocycles. The van der Waals surface area contributed by atoms with E-state index >= 15 is 0 Å². The lowest BCUT2D eigenvalue weighted by Gasteiger charge is -2.19. The van der Waals surface area contributed by atoms with Crippen molar-refractivity contribution in [1.82, 2.24) is 5.32 Å². The van der Waals surface area contributed by atoms with Crippen LogP contribution in [0, 0.1) is 11.6 Å². The van der Waals surface area contributed by atoms with E-state index in [0.29, 0.717) is 11.8 Å². The Kier molecular flexibility index (Phi) is 5.96. The maximum absolute atomic E-state index is 13.4. The number of benzene rings is 2. The van der Waals surface area contributed by atoms with Gasteiger partial charge in [0.1, 0.15) is 24.0 Å². The molecule has 2 rings (SSSR count). The predicted molar refractivity (Wildman–Crippen MR) is 94.0 cm³/mol. The molecule has 0 unspecified atom stereocenters. The minimum absolute atomic E-state index is 0.0772. The van der Waals surface area contributed by atoms with E-state index in [1.165, 1.54) is 5.56 Å². The Morgan fingerprint density at radius 3 is 2.36 bits per heavy atom. The second-order valence-corrected chi connectivity index (χ2v) is 6.63. The van der Waals surface area contributed by atoms with E-state index in [1.54, 1.807) is 0 Å². The number of anilines is 1. The molecule has 0 aliphatic carbocycles. The van der Waals surface area contributed by atoms with Gasteiger partial charge >= 0.3 is 6.03 Å². The summed E-state index contributed by atoms with van der Waals surface area (Å²) in [7, 11) is 0. The van der Waals surface area contributed by atoms with Crippen molar-refractivity contribution in [2.45, 2.75) is 26.2 Å². The molecule has 2 amide bonds. The summed E-state index contributed by atoms with van der Waals surface area (Å²) >= 11 is 0. The van der Waals surface area contributed by atoms with Crippen molar-refractivity contribution in [2.75, 3.05) is 18.5 Å². The maximum atomic E-state index is 13.4. The molecule has 0 heterocycles. The lowest BCUT2D eigenvalue weighted by Crippen LogP contribution is -2.32. The van der Waals surface area contributed by atoms with Crippen molar-refractivity contribution >= 4 is 11.7 Å². The standard InChI is InChI=1S/C19H22F2N2O2/c1-19(2,3)13-4-7-15(8-5-13)25-11-10-22-18(24)23-17-9-6-14(20)12-16(17)21/h4-9,12H,10-11H2,1-3H3,(H2,22,23,24). The Hall–Kier alpha value is -2.63. The van der Waals surface area contributed by atoms with Crippen molar-refractivity contribution < 1.29 is 18.3 Å². The highest BCUT2D eigenvalue weighted by Gasteiger charge is 2.13. The summed E-state index contributed by atoms with van der Waals surface area (Å²) in [6.07, 6.45) is 0. The smallest absolute Gasteiger partial charge is 0.319 e. The number of hydrogen-bond acceptors (Lipinski definition) is 2. The number of carbonyl (C=O) groups is 1. The van der Waals surface area contributed by atoms with E-state index in [-0.39, 0.29) is 24.3 Å². The van der Waals surface area contributed by atoms with Gasteiger partial charge in [-0.2, -0.15) is 0 Å². The molecule has 2 N–H and O–H groups in total. The van der Waals surface area contributed by atoms with Crippen LogP contribution in [0.5, 0.6) is 5.75 Å². The Morgan fingerprint density at radius 2 is 1.76 bits per heavy atom. The summed E-state index contributed by atoms with van der Waals surface area (Å²) in [6, 6.07) is 10.1. The van der Waals surface area contributed by atoms with Gasteiger partial charge in [0.2, 0.25) is 0 Å². The number of amides is 2. The van der Waals surface area contributed by atoms with Gasteiger partial charge < -0.3 is 15.4 Å². The fourth-order valence-electron chi connectivity index (χ4n) is 2.14. The van der Waals surface area contributed by atoms with Crippen LogP contribution in [0.3, 0.4) is 0 Å². The maximum Gasteiger partial charge on any atom is 0.319 e. The van der Waals surface area contributed by atoms with Crippen LogP contribution in [0.15, 0.2) is 42.5 Å². The van der Waals surface area contributed by atoms with Gasteiger partial charge in [-0.05, 0) is 35.2 Å². The van der Waals surface area contributed by atoms with Crippen LogP contribution in [-0.2, 0) is 5.41 Å². The summed E-state index contributed by atoms with van der Waals surface area (Å²) in [5.74, 6) is -0.820. The van der Waals surface area contributed by atoms with Crippen LogP contribution in [0.4, 0.5) is 19.3 Å². The molecule has 0 aliphatic heterocycles. The number of ether oxygens (including phenoxy) is 1. The van der Waals surface area contributed by atoms with Crippen molar-refractivity contribution in [3.8, 4) is 5.75 Å². The van der Waals surface area contributed by atoms with Gasteiger partial charge in [0, 0.05) is 6.07 Å². The topological polar surface area (TPSA) is 50.4 Å². The van der Waals surface area contributed by atoms with Crippen molar-refractivity contribution in [1.29, 1.82) is 0 Å². The number of nitrogens with one attached hydrogen (secondary N) is 2. The molecule has 0 fully saturated rings. The third kappa shape index (κ3) is 5.74. The molecule has 0 spiro atoms. The molecule has 0 atom stereocenters. The lowest BCUT2D eigenvalue weighted by atomic mass is 9.87. The summed E-state index contributed by atoms with van der Waals surface area (Å²) in [5, 5.41) is 4.86. The molecule has 0 bridgehead atoms. The summed E-state index contributed by atoms with van der Waals surface area (Å²) in [5.41, 5.74) is 1.20.